The zero-order valence-electron chi connectivity index (χ0n) is 12.2. The van der Waals surface area contributed by atoms with Gasteiger partial charge in [0, 0.05) is 5.69 Å². The molecule has 2 aromatic carbocycles. The third kappa shape index (κ3) is 6.92. The van der Waals surface area contributed by atoms with Crippen molar-refractivity contribution in [2.24, 2.45) is 5.14 Å². The first-order valence-electron chi connectivity index (χ1n) is 6.85. The summed E-state index contributed by atoms with van der Waals surface area (Å²) in [4.78, 5) is 0.0756. The lowest BCUT2D eigenvalue weighted by molar-refractivity contribution is 0.598. The molecule has 4 nitrogen and oxygen atoms in total. The largest absolute Gasteiger partial charge is 0.399 e. The average molecular weight is 306 g/mol. The first-order valence-corrected chi connectivity index (χ1v) is 8.40. The van der Waals surface area contributed by atoms with Crippen LogP contribution in [0.2, 0.25) is 0 Å². The Labute approximate surface area is 126 Å². The van der Waals surface area contributed by atoms with E-state index in [1.807, 2.05) is 0 Å². The normalized spacial score (nSPS) is 10.6. The molecule has 0 spiro atoms. The van der Waals surface area contributed by atoms with Crippen LogP contribution in [0.25, 0.3) is 0 Å². The molecule has 114 valence electrons. The summed E-state index contributed by atoms with van der Waals surface area (Å²) in [6.45, 7) is 2.23. The van der Waals surface area contributed by atoms with E-state index >= 15 is 0 Å². The number of hydrogen-bond acceptors (Lipinski definition) is 3. The third-order valence-corrected chi connectivity index (χ3v) is 3.80. The van der Waals surface area contributed by atoms with Crippen molar-refractivity contribution >= 4 is 15.7 Å². The molecule has 0 aromatic heterocycles. The van der Waals surface area contributed by atoms with Gasteiger partial charge in [-0.25, -0.2) is 13.6 Å². The summed E-state index contributed by atoms with van der Waals surface area (Å²) in [6.07, 6.45) is 3.83. The lowest BCUT2D eigenvalue weighted by Crippen LogP contribution is -2.11. The van der Waals surface area contributed by atoms with Gasteiger partial charge in [-0.3, -0.25) is 0 Å². The molecule has 0 fully saturated rings. The Kier molecular flexibility index (Phi) is 6.91. The lowest BCUT2D eigenvalue weighted by Gasteiger charge is -1.96. The maximum Gasteiger partial charge on any atom is 0.238 e. The van der Waals surface area contributed by atoms with Crippen LogP contribution < -0.4 is 10.9 Å². The second-order valence-electron chi connectivity index (χ2n) is 4.70. The molecule has 0 saturated heterocycles. The molecule has 2 rings (SSSR count). The molecule has 0 aliphatic carbocycles. The van der Waals surface area contributed by atoms with Gasteiger partial charge in [0.25, 0.3) is 0 Å². The second kappa shape index (κ2) is 8.44. The zero-order chi connectivity index (χ0) is 15.7. The number of nitrogens with two attached hydrogens (primary N) is 2. The quantitative estimate of drug-likeness (QED) is 0.851. The second-order valence-corrected chi connectivity index (χ2v) is 6.26. The van der Waals surface area contributed by atoms with Crippen LogP contribution in [0.1, 0.15) is 25.3 Å². The number of rotatable bonds is 4. The number of anilines is 1. The number of unbranched alkanes of at least 4 members (excludes halogenated alkanes) is 1. The molecular weight excluding hydrogens is 284 g/mol. The van der Waals surface area contributed by atoms with Gasteiger partial charge in [-0.05, 0) is 42.7 Å². The molecule has 0 unspecified atom stereocenters. The van der Waals surface area contributed by atoms with E-state index in [0.717, 1.165) is 0 Å². The SMILES string of the molecule is CCCCc1ccccc1.Nc1ccc(S(N)(=O)=O)cc1. The topological polar surface area (TPSA) is 86.2 Å². The molecule has 0 atom stereocenters. The van der Waals surface area contributed by atoms with Gasteiger partial charge in [0.05, 0.1) is 4.90 Å². The van der Waals surface area contributed by atoms with E-state index in [2.05, 4.69) is 37.3 Å². The highest BCUT2D eigenvalue weighted by atomic mass is 32.2. The van der Waals surface area contributed by atoms with Crippen LogP contribution in [0.3, 0.4) is 0 Å². The average Bonchev–Trinajstić information content (AvgIpc) is 2.46. The maximum atomic E-state index is 10.7. The summed E-state index contributed by atoms with van der Waals surface area (Å²) in [5, 5.41) is 4.84. The Morgan fingerprint density at radius 1 is 0.952 bits per heavy atom. The number of aryl methyl sites for hydroxylation is 1. The first-order chi connectivity index (χ1) is 9.93. The van der Waals surface area contributed by atoms with Crippen LogP contribution in [0.15, 0.2) is 59.5 Å². The highest BCUT2D eigenvalue weighted by Gasteiger charge is 2.04. The van der Waals surface area contributed by atoms with Crippen LogP contribution >= 0.6 is 0 Å². The summed E-state index contributed by atoms with van der Waals surface area (Å²) < 4.78 is 21.4. The van der Waals surface area contributed by atoms with Crippen LogP contribution in [-0.4, -0.2) is 8.42 Å². The molecule has 0 amide bonds. The van der Waals surface area contributed by atoms with E-state index in [9.17, 15) is 8.42 Å². The Morgan fingerprint density at radius 3 is 2.00 bits per heavy atom. The van der Waals surface area contributed by atoms with Crippen molar-refractivity contribution in [3.63, 3.8) is 0 Å². The highest BCUT2D eigenvalue weighted by molar-refractivity contribution is 7.89. The highest BCUT2D eigenvalue weighted by Crippen LogP contribution is 2.08. The predicted octanol–water partition coefficient (Wildman–Crippen LogP) is 2.95. The minimum Gasteiger partial charge on any atom is -0.399 e. The molecular formula is C16H22N2O2S. The van der Waals surface area contributed by atoms with Crippen molar-refractivity contribution in [1.82, 2.24) is 0 Å². The monoisotopic (exact) mass is 306 g/mol. The molecule has 0 saturated carbocycles. The van der Waals surface area contributed by atoms with Gasteiger partial charge in [-0.2, -0.15) is 0 Å². The molecule has 0 bridgehead atoms. The fourth-order valence-corrected chi connectivity index (χ4v) is 2.20. The van der Waals surface area contributed by atoms with Gasteiger partial charge in [0.2, 0.25) is 10.0 Å². The minimum atomic E-state index is -3.58. The lowest BCUT2D eigenvalue weighted by atomic mass is 10.1. The maximum absolute atomic E-state index is 10.7. The number of hydrogen-bond donors (Lipinski definition) is 2. The van der Waals surface area contributed by atoms with Crippen molar-refractivity contribution in [2.75, 3.05) is 5.73 Å². The number of benzene rings is 2. The third-order valence-electron chi connectivity index (χ3n) is 2.87. The Bertz CT molecular complexity index is 623. The smallest absolute Gasteiger partial charge is 0.238 e. The van der Waals surface area contributed by atoms with E-state index in [1.54, 1.807) is 0 Å². The Hall–Kier alpha value is -1.85. The molecule has 0 radical (unpaired) electrons. The van der Waals surface area contributed by atoms with Crippen LogP contribution in [0.5, 0.6) is 0 Å². The Morgan fingerprint density at radius 2 is 1.52 bits per heavy atom. The van der Waals surface area contributed by atoms with Crippen molar-refractivity contribution in [1.29, 1.82) is 0 Å². The van der Waals surface area contributed by atoms with Gasteiger partial charge in [0.15, 0.2) is 0 Å². The van der Waals surface area contributed by atoms with E-state index in [1.165, 1.54) is 49.1 Å². The van der Waals surface area contributed by atoms with E-state index < -0.39 is 10.0 Å². The van der Waals surface area contributed by atoms with E-state index in [0.29, 0.717) is 5.69 Å². The number of primary sulfonamides is 1. The van der Waals surface area contributed by atoms with Gasteiger partial charge >= 0.3 is 0 Å². The van der Waals surface area contributed by atoms with Crippen LogP contribution in [-0.2, 0) is 16.4 Å². The summed E-state index contributed by atoms with van der Waals surface area (Å²) in [5.74, 6) is 0. The predicted molar refractivity (Wildman–Crippen MR) is 87.3 cm³/mol. The molecule has 0 heterocycles. The fraction of sp³-hybridized carbons (Fsp3) is 0.250. The summed E-state index contributed by atoms with van der Waals surface area (Å²) >= 11 is 0. The van der Waals surface area contributed by atoms with E-state index in [-0.39, 0.29) is 4.90 Å². The molecule has 2 aromatic rings. The number of sulfonamides is 1. The first kappa shape index (κ1) is 17.2. The number of nitrogen functional groups attached to an aromatic ring is 1. The Balaban J connectivity index is 0.000000211. The minimum absolute atomic E-state index is 0.0756. The van der Waals surface area contributed by atoms with Crippen LogP contribution in [0, 0.1) is 0 Å². The van der Waals surface area contributed by atoms with Gasteiger partial charge in [-0.1, -0.05) is 43.7 Å². The fourth-order valence-electron chi connectivity index (χ4n) is 1.68. The van der Waals surface area contributed by atoms with Crippen molar-refractivity contribution in [3.05, 3.63) is 60.2 Å². The summed E-state index contributed by atoms with van der Waals surface area (Å²) in [5.41, 5.74) is 7.31. The van der Waals surface area contributed by atoms with Crippen molar-refractivity contribution < 1.29 is 8.42 Å². The molecule has 21 heavy (non-hydrogen) atoms. The van der Waals surface area contributed by atoms with Gasteiger partial charge in [-0.15, -0.1) is 0 Å². The van der Waals surface area contributed by atoms with Crippen LogP contribution in [0.4, 0.5) is 5.69 Å². The van der Waals surface area contributed by atoms with E-state index in [4.69, 9.17) is 10.9 Å². The standard InChI is InChI=1S/C10H14.C6H8N2O2S/c1-2-3-7-10-8-5-4-6-9-10;7-5-1-3-6(4-2-5)11(8,9)10/h4-6,8-9H,2-3,7H2,1H3;1-4H,7H2,(H2,8,9,10). The van der Waals surface area contributed by atoms with Gasteiger partial charge in [0.1, 0.15) is 0 Å². The summed E-state index contributed by atoms with van der Waals surface area (Å²) in [6, 6.07) is 16.4. The molecule has 5 heteroatoms. The summed E-state index contributed by atoms with van der Waals surface area (Å²) in [7, 11) is -3.58. The zero-order valence-corrected chi connectivity index (χ0v) is 13.0. The molecule has 4 N–H and O–H groups in total. The van der Waals surface area contributed by atoms with Crippen molar-refractivity contribution in [2.45, 2.75) is 31.1 Å². The molecule has 0 aliphatic rings. The van der Waals surface area contributed by atoms with Crippen molar-refractivity contribution in [3.8, 4) is 0 Å². The van der Waals surface area contributed by atoms with Gasteiger partial charge < -0.3 is 5.73 Å². The molecule has 0 aliphatic heterocycles.